The largest absolute Gasteiger partial charge is 0.325 e. The Morgan fingerprint density at radius 3 is 2.56 bits per heavy atom. The lowest BCUT2D eigenvalue weighted by Gasteiger charge is -2.10. The summed E-state index contributed by atoms with van der Waals surface area (Å²) in [6, 6.07) is 4.69. The highest BCUT2D eigenvalue weighted by Crippen LogP contribution is 2.19. The van der Waals surface area contributed by atoms with Gasteiger partial charge in [-0.05, 0) is 31.2 Å². The summed E-state index contributed by atoms with van der Waals surface area (Å²) in [7, 11) is -3.26. The lowest BCUT2D eigenvalue weighted by molar-refractivity contribution is -0.115. The van der Waals surface area contributed by atoms with Gasteiger partial charge < -0.3 is 10.6 Å². The average molecular weight is 270 g/mol. The molecule has 1 amide bonds. The minimum absolute atomic E-state index is 0.189. The maximum absolute atomic E-state index is 11.6. The highest BCUT2D eigenvalue weighted by molar-refractivity contribution is 7.90. The van der Waals surface area contributed by atoms with Crippen LogP contribution in [0.25, 0.3) is 0 Å². The van der Waals surface area contributed by atoms with Crippen molar-refractivity contribution in [3.8, 4) is 0 Å². The van der Waals surface area contributed by atoms with Crippen LogP contribution in [0.2, 0.25) is 0 Å². The zero-order valence-electron chi connectivity index (χ0n) is 10.8. The van der Waals surface area contributed by atoms with Gasteiger partial charge in [-0.15, -0.1) is 0 Å². The highest BCUT2D eigenvalue weighted by Gasteiger charge is 2.10. The Morgan fingerprint density at radius 1 is 1.33 bits per heavy atom. The first-order chi connectivity index (χ1) is 8.34. The first-order valence-electron chi connectivity index (χ1n) is 5.66. The molecule has 2 N–H and O–H groups in total. The molecule has 0 radical (unpaired) electrons. The normalized spacial score (nSPS) is 11.3. The lowest BCUT2D eigenvalue weighted by Crippen LogP contribution is -2.28. The zero-order chi connectivity index (χ0) is 13.8. The van der Waals surface area contributed by atoms with Crippen LogP contribution in [0.3, 0.4) is 0 Å². The van der Waals surface area contributed by atoms with Gasteiger partial charge in [0, 0.05) is 11.9 Å². The number of carbonyl (C=O) groups is 1. The predicted octanol–water partition coefficient (Wildman–Crippen LogP) is 0.947. The monoisotopic (exact) mass is 270 g/mol. The van der Waals surface area contributed by atoms with Crippen LogP contribution in [-0.4, -0.2) is 33.7 Å². The van der Waals surface area contributed by atoms with Gasteiger partial charge in [0.1, 0.15) is 0 Å². The van der Waals surface area contributed by atoms with E-state index in [9.17, 15) is 13.2 Å². The fraction of sp³-hybridized carbons (Fsp3) is 0.417. The first kappa shape index (κ1) is 14.7. The molecule has 6 heteroatoms. The van der Waals surface area contributed by atoms with Crippen molar-refractivity contribution in [3.63, 3.8) is 0 Å². The fourth-order valence-corrected chi connectivity index (χ4v) is 2.05. The molecule has 18 heavy (non-hydrogen) atoms. The van der Waals surface area contributed by atoms with Gasteiger partial charge in [-0.2, -0.15) is 0 Å². The van der Waals surface area contributed by atoms with Crippen molar-refractivity contribution in [2.45, 2.75) is 18.7 Å². The molecular formula is C12H18N2O3S. The van der Waals surface area contributed by atoms with Gasteiger partial charge in [0.05, 0.1) is 11.4 Å². The molecule has 0 aliphatic carbocycles. The molecule has 0 spiro atoms. The van der Waals surface area contributed by atoms with Crippen molar-refractivity contribution < 1.29 is 13.2 Å². The number of likely N-dealkylation sites (N-methyl/N-ethyl adjacent to an activating group) is 1. The van der Waals surface area contributed by atoms with Crippen LogP contribution in [0, 0.1) is 6.92 Å². The summed E-state index contributed by atoms with van der Waals surface area (Å²) in [5.41, 5.74) is 1.35. The van der Waals surface area contributed by atoms with E-state index in [1.807, 2.05) is 13.8 Å². The molecule has 0 saturated heterocycles. The Kier molecular flexibility index (Phi) is 4.86. The van der Waals surface area contributed by atoms with Gasteiger partial charge in [0.25, 0.3) is 0 Å². The molecule has 100 valence electrons. The number of nitrogens with one attached hydrogen (secondary N) is 2. The van der Waals surface area contributed by atoms with Gasteiger partial charge in [-0.25, -0.2) is 8.42 Å². The topological polar surface area (TPSA) is 75.3 Å². The van der Waals surface area contributed by atoms with E-state index in [-0.39, 0.29) is 17.3 Å². The third kappa shape index (κ3) is 4.12. The molecule has 1 aromatic rings. The molecule has 0 aliphatic rings. The number of amides is 1. The summed E-state index contributed by atoms with van der Waals surface area (Å²) >= 11 is 0. The molecule has 0 fully saturated rings. The molecule has 1 rings (SSSR count). The van der Waals surface area contributed by atoms with E-state index in [4.69, 9.17) is 0 Å². The second kappa shape index (κ2) is 5.97. The van der Waals surface area contributed by atoms with Gasteiger partial charge in [-0.3, -0.25) is 4.79 Å². The minimum atomic E-state index is -3.26. The molecule has 0 saturated carbocycles. The Labute approximate surface area is 108 Å². The molecule has 5 nitrogen and oxygen atoms in total. The molecule has 0 unspecified atom stereocenters. The van der Waals surface area contributed by atoms with Crippen LogP contribution in [-0.2, 0) is 14.6 Å². The Bertz CT molecular complexity index is 538. The molecule has 0 aromatic heterocycles. The maximum Gasteiger partial charge on any atom is 0.238 e. The number of rotatable bonds is 5. The van der Waals surface area contributed by atoms with Crippen LogP contribution >= 0.6 is 0 Å². The fourth-order valence-electron chi connectivity index (χ4n) is 1.40. The third-order valence-electron chi connectivity index (χ3n) is 2.45. The second-order valence-corrected chi connectivity index (χ2v) is 6.09. The summed E-state index contributed by atoms with van der Waals surface area (Å²) < 4.78 is 22.9. The van der Waals surface area contributed by atoms with Crippen molar-refractivity contribution in [3.05, 3.63) is 23.8 Å². The second-order valence-electron chi connectivity index (χ2n) is 4.08. The van der Waals surface area contributed by atoms with Crippen LogP contribution in [0.5, 0.6) is 0 Å². The van der Waals surface area contributed by atoms with E-state index in [1.165, 1.54) is 12.1 Å². The summed E-state index contributed by atoms with van der Waals surface area (Å²) in [5.74, 6) is -0.189. The van der Waals surface area contributed by atoms with Crippen LogP contribution < -0.4 is 10.6 Å². The smallest absolute Gasteiger partial charge is 0.238 e. The average Bonchev–Trinajstić information content (AvgIpc) is 2.28. The van der Waals surface area contributed by atoms with Crippen molar-refractivity contribution in [2.75, 3.05) is 24.7 Å². The number of sulfone groups is 1. The van der Waals surface area contributed by atoms with E-state index in [2.05, 4.69) is 10.6 Å². The van der Waals surface area contributed by atoms with Crippen molar-refractivity contribution in [2.24, 2.45) is 0 Å². The van der Waals surface area contributed by atoms with Crippen molar-refractivity contribution >= 4 is 21.4 Å². The zero-order valence-corrected chi connectivity index (χ0v) is 11.6. The van der Waals surface area contributed by atoms with Crippen molar-refractivity contribution in [1.82, 2.24) is 5.32 Å². The van der Waals surface area contributed by atoms with Crippen molar-refractivity contribution in [1.29, 1.82) is 0 Å². The standard InChI is InChI=1S/C12H18N2O3S/c1-4-13-8-12(15)14-11-7-10(18(3,16)17)6-5-9(11)2/h5-7,13H,4,8H2,1-3H3,(H,14,15). The molecule has 0 aliphatic heterocycles. The third-order valence-corrected chi connectivity index (χ3v) is 3.56. The van der Waals surface area contributed by atoms with E-state index in [0.29, 0.717) is 12.2 Å². The highest BCUT2D eigenvalue weighted by atomic mass is 32.2. The molecule has 1 aromatic carbocycles. The number of carbonyl (C=O) groups excluding carboxylic acids is 1. The van der Waals surface area contributed by atoms with E-state index in [1.54, 1.807) is 6.07 Å². The molecule has 0 bridgehead atoms. The maximum atomic E-state index is 11.6. The SMILES string of the molecule is CCNCC(=O)Nc1cc(S(C)(=O)=O)ccc1C. The minimum Gasteiger partial charge on any atom is -0.325 e. The number of anilines is 1. The van der Waals surface area contributed by atoms with Crippen LogP contribution in [0.4, 0.5) is 5.69 Å². The van der Waals surface area contributed by atoms with Gasteiger partial charge in [0.2, 0.25) is 5.91 Å². The molecular weight excluding hydrogens is 252 g/mol. The Balaban J connectivity index is 2.92. The van der Waals surface area contributed by atoms with E-state index >= 15 is 0 Å². The summed E-state index contributed by atoms with van der Waals surface area (Å²) in [6.07, 6.45) is 1.14. The van der Waals surface area contributed by atoms with Gasteiger partial charge in [0.15, 0.2) is 9.84 Å². The lowest BCUT2D eigenvalue weighted by atomic mass is 10.2. The molecule has 0 atom stereocenters. The summed E-state index contributed by atoms with van der Waals surface area (Å²) in [6.45, 7) is 4.63. The van der Waals surface area contributed by atoms with Gasteiger partial charge in [-0.1, -0.05) is 13.0 Å². The first-order valence-corrected chi connectivity index (χ1v) is 7.55. The number of hydrogen-bond acceptors (Lipinski definition) is 4. The predicted molar refractivity (Wildman–Crippen MR) is 71.5 cm³/mol. The number of hydrogen-bond donors (Lipinski definition) is 2. The number of aryl methyl sites for hydroxylation is 1. The molecule has 0 heterocycles. The van der Waals surface area contributed by atoms with Crippen LogP contribution in [0.1, 0.15) is 12.5 Å². The quantitative estimate of drug-likeness (QED) is 0.835. The van der Waals surface area contributed by atoms with E-state index < -0.39 is 9.84 Å². The van der Waals surface area contributed by atoms with Gasteiger partial charge >= 0.3 is 0 Å². The Morgan fingerprint density at radius 2 is 2.00 bits per heavy atom. The number of benzene rings is 1. The Hall–Kier alpha value is -1.40. The summed E-state index contributed by atoms with van der Waals surface area (Å²) in [4.78, 5) is 11.8. The van der Waals surface area contributed by atoms with Crippen LogP contribution in [0.15, 0.2) is 23.1 Å². The summed E-state index contributed by atoms with van der Waals surface area (Å²) in [5, 5.41) is 5.59. The van der Waals surface area contributed by atoms with E-state index in [0.717, 1.165) is 11.8 Å².